The summed E-state index contributed by atoms with van der Waals surface area (Å²) in [6.07, 6.45) is 3.21. The van der Waals surface area contributed by atoms with Gasteiger partial charge in [-0.05, 0) is 48.2 Å². The van der Waals surface area contributed by atoms with Crippen LogP contribution in [0.25, 0.3) is 0 Å². The maximum Gasteiger partial charge on any atom is 0.216 e. The van der Waals surface area contributed by atoms with Crippen LogP contribution in [0.1, 0.15) is 22.9 Å². The van der Waals surface area contributed by atoms with E-state index in [1.165, 1.54) is 11.1 Å². The fourth-order valence-corrected chi connectivity index (χ4v) is 2.58. The summed E-state index contributed by atoms with van der Waals surface area (Å²) in [5, 5.41) is 8.29. The Hall–Kier alpha value is -2.82. The highest BCUT2D eigenvalue weighted by Crippen LogP contribution is 2.15. The van der Waals surface area contributed by atoms with Crippen molar-refractivity contribution in [3.05, 3.63) is 71.4 Å². The number of aryl methyl sites for hydroxylation is 4. The SMILES string of the molecule is COc1ccc(CCc2nnc(CCc3ccc(OC)cc3)o2)cc1. The van der Waals surface area contributed by atoms with Crippen LogP contribution in [0.5, 0.6) is 11.5 Å². The van der Waals surface area contributed by atoms with Crippen molar-refractivity contribution in [2.24, 2.45) is 0 Å². The summed E-state index contributed by atoms with van der Waals surface area (Å²) in [5.74, 6) is 3.09. The third kappa shape index (κ3) is 4.83. The lowest BCUT2D eigenvalue weighted by Gasteiger charge is -2.02. The Kier molecular flexibility index (Phi) is 5.67. The van der Waals surface area contributed by atoms with Gasteiger partial charge in [0.2, 0.25) is 11.8 Å². The van der Waals surface area contributed by atoms with Crippen molar-refractivity contribution in [3.8, 4) is 11.5 Å². The molecule has 0 saturated carbocycles. The first-order valence-corrected chi connectivity index (χ1v) is 8.34. The lowest BCUT2D eigenvalue weighted by atomic mass is 10.1. The van der Waals surface area contributed by atoms with Gasteiger partial charge in [0.1, 0.15) is 11.5 Å². The maximum absolute atomic E-state index is 5.75. The molecule has 2 aromatic carbocycles. The highest BCUT2D eigenvalue weighted by Gasteiger charge is 2.07. The van der Waals surface area contributed by atoms with Crippen molar-refractivity contribution in [2.75, 3.05) is 14.2 Å². The average molecular weight is 338 g/mol. The largest absolute Gasteiger partial charge is 0.497 e. The van der Waals surface area contributed by atoms with Gasteiger partial charge >= 0.3 is 0 Å². The van der Waals surface area contributed by atoms with Crippen molar-refractivity contribution in [1.29, 1.82) is 0 Å². The number of methoxy groups -OCH3 is 2. The minimum Gasteiger partial charge on any atom is -0.497 e. The number of aromatic nitrogens is 2. The zero-order valence-electron chi connectivity index (χ0n) is 14.6. The number of nitrogens with zero attached hydrogens (tertiary/aromatic N) is 2. The zero-order chi connectivity index (χ0) is 17.5. The molecule has 0 atom stereocenters. The molecular formula is C20H22N2O3. The second-order valence-electron chi connectivity index (χ2n) is 5.79. The Bertz CT molecular complexity index is 713. The molecule has 0 bridgehead atoms. The fraction of sp³-hybridized carbons (Fsp3) is 0.300. The van der Waals surface area contributed by atoms with E-state index in [4.69, 9.17) is 13.9 Å². The molecule has 1 heterocycles. The second-order valence-corrected chi connectivity index (χ2v) is 5.79. The van der Waals surface area contributed by atoms with Crippen LogP contribution in [0.2, 0.25) is 0 Å². The molecule has 3 aromatic rings. The Morgan fingerprint density at radius 1 is 0.640 bits per heavy atom. The van der Waals surface area contributed by atoms with Crippen molar-refractivity contribution in [3.63, 3.8) is 0 Å². The molecule has 1 aromatic heterocycles. The first-order valence-electron chi connectivity index (χ1n) is 8.34. The molecule has 0 saturated heterocycles. The predicted molar refractivity (Wildman–Crippen MR) is 95.1 cm³/mol. The standard InChI is InChI=1S/C20H22N2O3/c1-23-17-9-3-15(4-10-17)7-13-19-21-22-20(25-19)14-8-16-5-11-18(24-2)12-6-16/h3-6,9-12H,7-8,13-14H2,1-2H3. The summed E-state index contributed by atoms with van der Waals surface area (Å²) in [6.45, 7) is 0. The van der Waals surface area contributed by atoms with E-state index in [-0.39, 0.29) is 0 Å². The third-order valence-corrected chi connectivity index (χ3v) is 4.08. The number of benzene rings is 2. The molecule has 0 spiro atoms. The molecule has 3 rings (SSSR count). The summed E-state index contributed by atoms with van der Waals surface area (Å²) in [4.78, 5) is 0. The molecular weight excluding hydrogens is 316 g/mol. The van der Waals surface area contributed by atoms with E-state index >= 15 is 0 Å². The maximum atomic E-state index is 5.75. The molecule has 0 N–H and O–H groups in total. The van der Waals surface area contributed by atoms with Crippen LogP contribution in [0.3, 0.4) is 0 Å². The summed E-state index contributed by atoms with van der Waals surface area (Å²) < 4.78 is 16.1. The second kappa shape index (κ2) is 8.33. The summed E-state index contributed by atoms with van der Waals surface area (Å²) in [5.41, 5.74) is 2.44. The Morgan fingerprint density at radius 3 is 1.40 bits per heavy atom. The number of ether oxygens (including phenoxy) is 2. The predicted octanol–water partition coefficient (Wildman–Crippen LogP) is 3.66. The molecule has 130 valence electrons. The van der Waals surface area contributed by atoms with Gasteiger partial charge in [0.15, 0.2) is 0 Å². The van der Waals surface area contributed by atoms with Crippen LogP contribution >= 0.6 is 0 Å². The van der Waals surface area contributed by atoms with Crippen molar-refractivity contribution >= 4 is 0 Å². The van der Waals surface area contributed by atoms with Crippen molar-refractivity contribution < 1.29 is 13.9 Å². The number of rotatable bonds is 8. The molecule has 0 aliphatic heterocycles. The van der Waals surface area contributed by atoms with E-state index in [1.807, 2.05) is 24.3 Å². The highest BCUT2D eigenvalue weighted by molar-refractivity contribution is 5.28. The van der Waals surface area contributed by atoms with Gasteiger partial charge in [-0.3, -0.25) is 0 Å². The molecule has 5 heteroatoms. The summed E-state index contributed by atoms with van der Waals surface area (Å²) >= 11 is 0. The minimum atomic E-state index is 0.681. The molecule has 0 aliphatic rings. The minimum absolute atomic E-state index is 0.681. The van der Waals surface area contributed by atoms with E-state index in [0.29, 0.717) is 11.8 Å². The number of hydrogen-bond acceptors (Lipinski definition) is 5. The Morgan fingerprint density at radius 2 is 1.04 bits per heavy atom. The fourth-order valence-electron chi connectivity index (χ4n) is 2.58. The normalized spacial score (nSPS) is 10.6. The average Bonchev–Trinajstić information content (AvgIpc) is 3.13. The van der Waals surface area contributed by atoms with E-state index < -0.39 is 0 Å². The van der Waals surface area contributed by atoms with E-state index in [9.17, 15) is 0 Å². The van der Waals surface area contributed by atoms with Gasteiger partial charge in [-0.2, -0.15) is 0 Å². The highest BCUT2D eigenvalue weighted by atomic mass is 16.5. The lowest BCUT2D eigenvalue weighted by Crippen LogP contribution is -1.92. The molecule has 0 aliphatic carbocycles. The van der Waals surface area contributed by atoms with Crippen LogP contribution < -0.4 is 9.47 Å². The first-order chi connectivity index (χ1) is 12.3. The van der Waals surface area contributed by atoms with Gasteiger partial charge < -0.3 is 13.9 Å². The van der Waals surface area contributed by atoms with Crippen molar-refractivity contribution in [1.82, 2.24) is 10.2 Å². The van der Waals surface area contributed by atoms with Crippen LogP contribution in [-0.2, 0) is 25.7 Å². The molecule has 0 unspecified atom stereocenters. The monoisotopic (exact) mass is 338 g/mol. The van der Waals surface area contributed by atoms with Gasteiger partial charge in [-0.1, -0.05) is 24.3 Å². The van der Waals surface area contributed by atoms with Gasteiger partial charge in [-0.25, -0.2) is 0 Å². The van der Waals surface area contributed by atoms with Crippen LogP contribution in [0.4, 0.5) is 0 Å². The molecule has 25 heavy (non-hydrogen) atoms. The Balaban J connectivity index is 1.49. The number of hydrogen-bond donors (Lipinski definition) is 0. The topological polar surface area (TPSA) is 57.4 Å². The van der Waals surface area contributed by atoms with Crippen LogP contribution in [0.15, 0.2) is 52.9 Å². The van der Waals surface area contributed by atoms with Gasteiger partial charge in [0.25, 0.3) is 0 Å². The van der Waals surface area contributed by atoms with E-state index in [1.54, 1.807) is 14.2 Å². The first kappa shape index (κ1) is 17.0. The molecule has 0 fully saturated rings. The zero-order valence-corrected chi connectivity index (χ0v) is 14.6. The van der Waals surface area contributed by atoms with Gasteiger partial charge in [0.05, 0.1) is 14.2 Å². The van der Waals surface area contributed by atoms with E-state index in [0.717, 1.165) is 37.2 Å². The van der Waals surface area contributed by atoms with Gasteiger partial charge in [-0.15, -0.1) is 10.2 Å². The Labute approximate surface area is 147 Å². The van der Waals surface area contributed by atoms with Gasteiger partial charge in [0, 0.05) is 12.8 Å². The molecule has 0 amide bonds. The van der Waals surface area contributed by atoms with Crippen LogP contribution in [0, 0.1) is 0 Å². The lowest BCUT2D eigenvalue weighted by molar-refractivity contribution is 0.414. The van der Waals surface area contributed by atoms with Crippen LogP contribution in [-0.4, -0.2) is 24.4 Å². The third-order valence-electron chi connectivity index (χ3n) is 4.08. The van der Waals surface area contributed by atoms with Crippen molar-refractivity contribution in [2.45, 2.75) is 25.7 Å². The smallest absolute Gasteiger partial charge is 0.216 e. The summed E-state index contributed by atoms with van der Waals surface area (Å²) in [6, 6.07) is 16.1. The quantitative estimate of drug-likeness (QED) is 0.627. The molecule has 0 radical (unpaired) electrons. The van der Waals surface area contributed by atoms with E-state index in [2.05, 4.69) is 34.5 Å². The summed E-state index contributed by atoms with van der Waals surface area (Å²) in [7, 11) is 3.34. The molecule has 5 nitrogen and oxygen atoms in total.